The van der Waals surface area contributed by atoms with E-state index >= 15 is 0 Å². The molecule has 6 nitrogen and oxygen atoms in total. The van der Waals surface area contributed by atoms with Gasteiger partial charge in [0.25, 0.3) is 11.8 Å². The van der Waals surface area contributed by atoms with Gasteiger partial charge in [0.15, 0.2) is 0 Å². The Balaban J connectivity index is 1.34. The summed E-state index contributed by atoms with van der Waals surface area (Å²) in [4.78, 5) is 41.5. The maximum Gasteiger partial charge on any atom is 0.261 e. The normalized spacial score (nSPS) is 22.3. The van der Waals surface area contributed by atoms with E-state index in [0.29, 0.717) is 21.7 Å². The summed E-state index contributed by atoms with van der Waals surface area (Å²) in [5.41, 5.74) is 2.60. The second-order valence-corrected chi connectivity index (χ2v) is 10.0. The molecule has 1 saturated carbocycles. The molecule has 0 spiro atoms. The van der Waals surface area contributed by atoms with Gasteiger partial charge in [-0.05, 0) is 62.1 Å². The summed E-state index contributed by atoms with van der Waals surface area (Å²) in [6, 6.07) is 9.19. The van der Waals surface area contributed by atoms with E-state index in [1.54, 1.807) is 24.3 Å². The number of carbonyl (C=O) groups excluding carboxylic acids is 3. The number of nitrogens with zero attached hydrogens (tertiary/aromatic N) is 2. The topological polar surface area (TPSA) is 90.3 Å². The lowest BCUT2D eigenvalue weighted by molar-refractivity contribution is -0.122. The first kappa shape index (κ1) is 20.9. The number of imide groups is 1. The van der Waals surface area contributed by atoms with E-state index in [2.05, 4.69) is 11.4 Å². The molecular weight excluding hydrogens is 422 g/mol. The third kappa shape index (κ3) is 3.53. The Morgan fingerprint density at radius 3 is 2.47 bits per heavy atom. The summed E-state index contributed by atoms with van der Waals surface area (Å²) >= 11 is 1.53. The van der Waals surface area contributed by atoms with Crippen molar-refractivity contribution in [2.45, 2.75) is 51.4 Å². The van der Waals surface area contributed by atoms with Gasteiger partial charge in [-0.3, -0.25) is 19.3 Å². The highest BCUT2D eigenvalue weighted by Gasteiger charge is 2.40. The molecule has 0 bridgehead atoms. The van der Waals surface area contributed by atoms with Crippen molar-refractivity contribution in [2.24, 2.45) is 11.8 Å². The van der Waals surface area contributed by atoms with Crippen molar-refractivity contribution in [3.8, 4) is 6.07 Å². The van der Waals surface area contributed by atoms with E-state index in [0.717, 1.165) is 56.9 Å². The zero-order valence-electron chi connectivity index (χ0n) is 17.9. The van der Waals surface area contributed by atoms with E-state index in [1.165, 1.54) is 21.1 Å². The fourth-order valence-electron chi connectivity index (χ4n) is 5.39. The van der Waals surface area contributed by atoms with Crippen LogP contribution in [-0.4, -0.2) is 29.2 Å². The summed E-state index contributed by atoms with van der Waals surface area (Å²) in [6.07, 6.45) is 7.53. The predicted molar refractivity (Wildman–Crippen MR) is 122 cm³/mol. The Bertz CT molecular complexity index is 1110. The van der Waals surface area contributed by atoms with Gasteiger partial charge >= 0.3 is 0 Å². The van der Waals surface area contributed by atoms with E-state index in [9.17, 15) is 19.6 Å². The number of carbonyl (C=O) groups is 3. The van der Waals surface area contributed by atoms with Crippen LogP contribution in [0, 0.1) is 23.2 Å². The average molecular weight is 448 g/mol. The van der Waals surface area contributed by atoms with Crippen LogP contribution in [0.5, 0.6) is 0 Å². The molecule has 1 fully saturated rings. The minimum atomic E-state index is -0.279. The SMILES string of the molecule is N#Cc1c(NC(=O)C2CCCCC2CN2C(=O)c3ccccc3C2=O)sc2c1CCCC2. The van der Waals surface area contributed by atoms with Gasteiger partial charge in [0, 0.05) is 17.3 Å². The van der Waals surface area contributed by atoms with Crippen LogP contribution in [0.15, 0.2) is 24.3 Å². The minimum Gasteiger partial charge on any atom is -0.316 e. The molecule has 164 valence electrons. The third-order valence-corrected chi connectivity index (χ3v) is 8.27. The van der Waals surface area contributed by atoms with Gasteiger partial charge in [-0.15, -0.1) is 11.3 Å². The molecule has 1 aromatic heterocycles. The fraction of sp³-hybridized carbons (Fsp3) is 0.440. The molecule has 2 aromatic rings. The summed E-state index contributed by atoms with van der Waals surface area (Å²) in [7, 11) is 0. The molecular formula is C25H25N3O3S. The van der Waals surface area contributed by atoms with E-state index in [-0.39, 0.29) is 36.1 Å². The quantitative estimate of drug-likeness (QED) is 0.697. The Morgan fingerprint density at radius 1 is 1.06 bits per heavy atom. The highest BCUT2D eigenvalue weighted by molar-refractivity contribution is 7.16. The zero-order chi connectivity index (χ0) is 22.2. The highest BCUT2D eigenvalue weighted by atomic mass is 32.1. The van der Waals surface area contributed by atoms with Gasteiger partial charge in [-0.25, -0.2) is 0 Å². The summed E-state index contributed by atoms with van der Waals surface area (Å²) in [6.45, 7) is 0.260. The molecule has 3 aliphatic rings. The molecule has 0 radical (unpaired) electrons. The monoisotopic (exact) mass is 447 g/mol. The molecule has 2 aliphatic carbocycles. The van der Waals surface area contributed by atoms with Crippen LogP contribution >= 0.6 is 11.3 Å². The summed E-state index contributed by atoms with van der Waals surface area (Å²) in [5.74, 6) is -0.993. The number of hydrogen-bond acceptors (Lipinski definition) is 5. The van der Waals surface area contributed by atoms with Gasteiger partial charge < -0.3 is 5.32 Å². The van der Waals surface area contributed by atoms with Gasteiger partial charge in [0.1, 0.15) is 11.1 Å². The molecule has 5 rings (SSSR count). The number of benzene rings is 1. The maximum absolute atomic E-state index is 13.3. The molecule has 1 aliphatic heterocycles. The number of anilines is 1. The maximum atomic E-state index is 13.3. The standard InChI is InChI=1S/C25H25N3O3S/c26-13-20-17-9-5-6-12-21(17)32-23(20)27-22(29)16-8-2-1-7-15(16)14-28-24(30)18-10-3-4-11-19(18)25(28)31/h3-4,10-11,15-16H,1-2,5-9,12,14H2,(H,27,29). The van der Waals surface area contributed by atoms with E-state index in [1.807, 2.05) is 0 Å². The molecule has 2 unspecified atom stereocenters. The van der Waals surface area contributed by atoms with E-state index < -0.39 is 0 Å². The summed E-state index contributed by atoms with van der Waals surface area (Å²) < 4.78 is 0. The Hall–Kier alpha value is -2.98. The molecule has 2 atom stereocenters. The van der Waals surface area contributed by atoms with Crippen LogP contribution < -0.4 is 5.32 Å². The lowest BCUT2D eigenvalue weighted by Gasteiger charge is -2.32. The number of fused-ring (bicyclic) bond motifs is 2. The van der Waals surface area contributed by atoms with Crippen molar-refractivity contribution in [1.82, 2.24) is 4.90 Å². The number of rotatable bonds is 4. The molecule has 1 N–H and O–H groups in total. The van der Waals surface area contributed by atoms with Crippen LogP contribution in [0.25, 0.3) is 0 Å². The largest absolute Gasteiger partial charge is 0.316 e. The highest BCUT2D eigenvalue weighted by Crippen LogP contribution is 2.39. The number of nitrogens with one attached hydrogen (secondary N) is 1. The first-order valence-electron chi connectivity index (χ1n) is 11.4. The molecule has 0 saturated heterocycles. The van der Waals surface area contributed by atoms with Crippen molar-refractivity contribution in [1.29, 1.82) is 5.26 Å². The lowest BCUT2D eigenvalue weighted by atomic mass is 9.78. The van der Waals surface area contributed by atoms with Crippen molar-refractivity contribution in [3.63, 3.8) is 0 Å². The molecule has 7 heteroatoms. The van der Waals surface area contributed by atoms with Crippen LogP contribution in [0.4, 0.5) is 5.00 Å². The predicted octanol–water partition coefficient (Wildman–Crippen LogP) is 4.54. The lowest BCUT2D eigenvalue weighted by Crippen LogP contribution is -2.41. The smallest absolute Gasteiger partial charge is 0.261 e. The Morgan fingerprint density at radius 2 is 1.75 bits per heavy atom. The number of thiophene rings is 1. The Kier molecular flexibility index (Phi) is 5.56. The Labute approximate surface area is 191 Å². The molecule has 1 aromatic carbocycles. The third-order valence-electron chi connectivity index (χ3n) is 7.06. The van der Waals surface area contributed by atoms with Gasteiger partial charge in [0.2, 0.25) is 5.91 Å². The second kappa shape index (κ2) is 8.51. The summed E-state index contributed by atoms with van der Waals surface area (Å²) in [5, 5.41) is 13.4. The molecule has 32 heavy (non-hydrogen) atoms. The van der Waals surface area contributed by atoms with Crippen molar-refractivity contribution < 1.29 is 14.4 Å². The van der Waals surface area contributed by atoms with Crippen LogP contribution in [0.1, 0.15) is 75.2 Å². The number of aryl methyl sites for hydroxylation is 1. The number of nitriles is 1. The van der Waals surface area contributed by atoms with Crippen LogP contribution in [0.3, 0.4) is 0 Å². The van der Waals surface area contributed by atoms with Crippen LogP contribution in [0.2, 0.25) is 0 Å². The minimum absolute atomic E-state index is 0.0777. The first-order chi connectivity index (χ1) is 15.6. The fourth-order valence-corrected chi connectivity index (χ4v) is 6.63. The van der Waals surface area contributed by atoms with Crippen LogP contribution in [-0.2, 0) is 17.6 Å². The molecule has 2 heterocycles. The van der Waals surface area contributed by atoms with Gasteiger partial charge in [-0.2, -0.15) is 5.26 Å². The second-order valence-electron chi connectivity index (χ2n) is 8.93. The van der Waals surface area contributed by atoms with E-state index in [4.69, 9.17) is 0 Å². The van der Waals surface area contributed by atoms with Gasteiger partial charge in [-0.1, -0.05) is 25.0 Å². The number of amides is 3. The zero-order valence-corrected chi connectivity index (χ0v) is 18.7. The average Bonchev–Trinajstić information content (AvgIpc) is 3.29. The number of hydrogen-bond donors (Lipinski definition) is 1. The first-order valence-corrected chi connectivity index (χ1v) is 12.2. The van der Waals surface area contributed by atoms with Gasteiger partial charge in [0.05, 0.1) is 16.7 Å². The van der Waals surface area contributed by atoms with Crippen molar-refractivity contribution in [2.75, 3.05) is 11.9 Å². The van der Waals surface area contributed by atoms with Crippen molar-refractivity contribution >= 4 is 34.1 Å². The van der Waals surface area contributed by atoms with Crippen molar-refractivity contribution in [3.05, 3.63) is 51.4 Å². The molecule has 3 amide bonds.